The quantitative estimate of drug-likeness (QED) is 0.618. The zero-order valence-electron chi connectivity index (χ0n) is 10.1. The van der Waals surface area contributed by atoms with Crippen LogP contribution in [-0.4, -0.2) is 38.9 Å². The molecule has 2 rings (SSSR count). The van der Waals surface area contributed by atoms with Crippen molar-refractivity contribution in [3.05, 3.63) is 23.8 Å². The van der Waals surface area contributed by atoms with Gasteiger partial charge in [-0.3, -0.25) is 4.79 Å². The SMILES string of the molecule is CC1CCN(C(=O)c2ccc(O)c(O)c2)CC1Br. The summed E-state index contributed by atoms with van der Waals surface area (Å²) in [6.07, 6.45) is 0.964. The molecule has 1 fully saturated rings. The predicted octanol–water partition coefficient (Wildman–Crippen LogP) is 2.34. The van der Waals surface area contributed by atoms with Crippen LogP contribution in [0, 0.1) is 5.92 Å². The molecular formula is C13H16BrNO3. The highest BCUT2D eigenvalue weighted by Gasteiger charge is 2.27. The number of benzene rings is 1. The topological polar surface area (TPSA) is 60.8 Å². The maximum atomic E-state index is 12.2. The highest BCUT2D eigenvalue weighted by molar-refractivity contribution is 9.09. The Balaban J connectivity index is 2.14. The number of carbonyl (C=O) groups is 1. The molecule has 18 heavy (non-hydrogen) atoms. The smallest absolute Gasteiger partial charge is 0.254 e. The van der Waals surface area contributed by atoms with E-state index in [4.69, 9.17) is 0 Å². The average molecular weight is 314 g/mol. The molecule has 1 aliphatic heterocycles. The minimum Gasteiger partial charge on any atom is -0.504 e. The molecule has 4 nitrogen and oxygen atoms in total. The minimum absolute atomic E-state index is 0.110. The van der Waals surface area contributed by atoms with Crippen LogP contribution in [0.25, 0.3) is 0 Å². The third kappa shape index (κ3) is 2.61. The van der Waals surface area contributed by atoms with Crippen LogP contribution in [0.5, 0.6) is 11.5 Å². The van der Waals surface area contributed by atoms with E-state index in [2.05, 4.69) is 22.9 Å². The van der Waals surface area contributed by atoms with Gasteiger partial charge in [0, 0.05) is 23.5 Å². The van der Waals surface area contributed by atoms with Crippen molar-refractivity contribution in [2.24, 2.45) is 5.92 Å². The van der Waals surface area contributed by atoms with E-state index in [0.29, 0.717) is 22.9 Å². The Morgan fingerprint density at radius 2 is 2.11 bits per heavy atom. The number of piperidine rings is 1. The molecule has 1 aromatic rings. The Morgan fingerprint density at radius 1 is 1.39 bits per heavy atom. The number of likely N-dealkylation sites (tertiary alicyclic amines) is 1. The normalized spacial score (nSPS) is 24.0. The lowest BCUT2D eigenvalue weighted by molar-refractivity contribution is 0.0705. The summed E-state index contributed by atoms with van der Waals surface area (Å²) >= 11 is 3.58. The van der Waals surface area contributed by atoms with E-state index in [1.165, 1.54) is 18.2 Å². The molecule has 1 aliphatic rings. The Kier molecular flexibility index (Phi) is 3.80. The summed E-state index contributed by atoms with van der Waals surface area (Å²) in [5.74, 6) is -0.0253. The molecular weight excluding hydrogens is 298 g/mol. The summed E-state index contributed by atoms with van der Waals surface area (Å²) in [6.45, 7) is 3.55. The Labute approximate surface area is 114 Å². The zero-order chi connectivity index (χ0) is 13.3. The number of hydrogen-bond acceptors (Lipinski definition) is 3. The van der Waals surface area contributed by atoms with Gasteiger partial charge in [0.15, 0.2) is 11.5 Å². The van der Waals surface area contributed by atoms with Crippen LogP contribution in [0.2, 0.25) is 0 Å². The van der Waals surface area contributed by atoms with Crippen molar-refractivity contribution in [1.82, 2.24) is 4.90 Å². The fourth-order valence-electron chi connectivity index (χ4n) is 2.05. The van der Waals surface area contributed by atoms with Crippen molar-refractivity contribution in [1.29, 1.82) is 0 Å². The molecule has 0 saturated carbocycles. The van der Waals surface area contributed by atoms with Crippen molar-refractivity contribution >= 4 is 21.8 Å². The number of phenolic OH excluding ortho intramolecular Hbond substituents is 2. The monoisotopic (exact) mass is 313 g/mol. The summed E-state index contributed by atoms with van der Waals surface area (Å²) in [4.78, 5) is 14.3. The van der Waals surface area contributed by atoms with Gasteiger partial charge >= 0.3 is 0 Å². The summed E-state index contributed by atoms with van der Waals surface area (Å²) in [6, 6.07) is 4.17. The highest BCUT2D eigenvalue weighted by Crippen LogP contribution is 2.28. The number of hydrogen-bond donors (Lipinski definition) is 2. The third-order valence-electron chi connectivity index (χ3n) is 3.38. The number of rotatable bonds is 1. The van der Waals surface area contributed by atoms with E-state index >= 15 is 0 Å². The van der Waals surface area contributed by atoms with Crippen LogP contribution in [0.15, 0.2) is 18.2 Å². The number of amides is 1. The molecule has 2 N–H and O–H groups in total. The second-order valence-corrected chi connectivity index (χ2v) is 5.91. The molecule has 0 radical (unpaired) electrons. The summed E-state index contributed by atoms with van der Waals surface area (Å²) in [5.41, 5.74) is 0.402. The maximum absolute atomic E-state index is 12.2. The van der Waals surface area contributed by atoms with Gasteiger partial charge in [-0.2, -0.15) is 0 Å². The summed E-state index contributed by atoms with van der Waals surface area (Å²) in [5, 5.41) is 18.6. The zero-order valence-corrected chi connectivity index (χ0v) is 11.7. The molecule has 2 unspecified atom stereocenters. The van der Waals surface area contributed by atoms with Gasteiger partial charge in [0.05, 0.1) is 0 Å². The van der Waals surface area contributed by atoms with Gasteiger partial charge in [0.2, 0.25) is 0 Å². The minimum atomic E-state index is -0.262. The van der Waals surface area contributed by atoms with Gasteiger partial charge in [0.25, 0.3) is 5.91 Å². The fraction of sp³-hybridized carbons (Fsp3) is 0.462. The summed E-state index contributed by atoms with van der Waals surface area (Å²) in [7, 11) is 0. The largest absolute Gasteiger partial charge is 0.504 e. The molecule has 0 aromatic heterocycles. The predicted molar refractivity (Wildman–Crippen MR) is 72.2 cm³/mol. The van der Waals surface area contributed by atoms with E-state index in [1.807, 2.05) is 0 Å². The van der Waals surface area contributed by atoms with Crippen molar-refractivity contribution in [3.8, 4) is 11.5 Å². The van der Waals surface area contributed by atoms with E-state index in [9.17, 15) is 15.0 Å². The molecule has 1 amide bonds. The lowest BCUT2D eigenvalue weighted by atomic mass is 9.98. The van der Waals surface area contributed by atoms with Crippen LogP contribution >= 0.6 is 15.9 Å². The van der Waals surface area contributed by atoms with Crippen LogP contribution in [0.3, 0.4) is 0 Å². The number of aromatic hydroxyl groups is 2. The van der Waals surface area contributed by atoms with Gasteiger partial charge < -0.3 is 15.1 Å². The second kappa shape index (κ2) is 5.18. The first-order valence-corrected chi connectivity index (χ1v) is 6.86. The standard InChI is InChI=1S/C13H16BrNO3/c1-8-4-5-15(7-10(8)14)13(18)9-2-3-11(16)12(17)6-9/h2-3,6,8,10,16-17H,4-5,7H2,1H3. The highest BCUT2D eigenvalue weighted by atomic mass is 79.9. The van der Waals surface area contributed by atoms with E-state index in [0.717, 1.165) is 13.0 Å². The molecule has 5 heteroatoms. The molecule has 98 valence electrons. The number of alkyl halides is 1. The number of phenols is 2. The van der Waals surface area contributed by atoms with Crippen molar-refractivity contribution in [2.45, 2.75) is 18.2 Å². The first-order valence-electron chi connectivity index (χ1n) is 5.94. The van der Waals surface area contributed by atoms with Crippen molar-refractivity contribution < 1.29 is 15.0 Å². The van der Waals surface area contributed by atoms with Crippen molar-refractivity contribution in [2.75, 3.05) is 13.1 Å². The van der Waals surface area contributed by atoms with Gasteiger partial charge in [-0.25, -0.2) is 0 Å². The molecule has 0 bridgehead atoms. The number of nitrogens with zero attached hydrogens (tertiary/aromatic N) is 1. The van der Waals surface area contributed by atoms with Crippen LogP contribution in [0.4, 0.5) is 0 Å². The Hall–Kier alpha value is -1.23. The number of carbonyl (C=O) groups excluding carboxylic acids is 1. The number of halogens is 1. The second-order valence-electron chi connectivity index (χ2n) is 4.74. The van der Waals surface area contributed by atoms with E-state index in [-0.39, 0.29) is 17.4 Å². The molecule has 0 aliphatic carbocycles. The van der Waals surface area contributed by atoms with Gasteiger partial charge in [0.1, 0.15) is 0 Å². The first-order chi connectivity index (χ1) is 8.49. The molecule has 1 saturated heterocycles. The van der Waals surface area contributed by atoms with Crippen LogP contribution in [0.1, 0.15) is 23.7 Å². The average Bonchev–Trinajstić information content (AvgIpc) is 2.35. The van der Waals surface area contributed by atoms with Gasteiger partial charge in [-0.15, -0.1) is 0 Å². The molecule has 1 aromatic carbocycles. The van der Waals surface area contributed by atoms with Gasteiger partial charge in [-0.05, 0) is 30.5 Å². The molecule has 0 spiro atoms. The van der Waals surface area contributed by atoms with Crippen LogP contribution < -0.4 is 0 Å². The van der Waals surface area contributed by atoms with Gasteiger partial charge in [-0.1, -0.05) is 22.9 Å². The van der Waals surface area contributed by atoms with Crippen molar-refractivity contribution in [3.63, 3.8) is 0 Å². The van der Waals surface area contributed by atoms with E-state index < -0.39 is 0 Å². The summed E-state index contributed by atoms with van der Waals surface area (Å²) < 4.78 is 0. The molecule has 1 heterocycles. The Bertz CT molecular complexity index is 464. The van der Waals surface area contributed by atoms with Crippen LogP contribution in [-0.2, 0) is 0 Å². The maximum Gasteiger partial charge on any atom is 0.254 e. The van der Waals surface area contributed by atoms with E-state index in [1.54, 1.807) is 4.90 Å². The Morgan fingerprint density at radius 3 is 2.72 bits per heavy atom. The third-order valence-corrected chi connectivity index (χ3v) is 4.57. The lowest BCUT2D eigenvalue weighted by Gasteiger charge is -2.34. The first kappa shape index (κ1) is 13.2. The fourth-order valence-corrected chi connectivity index (χ4v) is 2.66. The lowest BCUT2D eigenvalue weighted by Crippen LogP contribution is -2.43. The molecule has 2 atom stereocenters.